The topological polar surface area (TPSA) is 79.3 Å². The molecule has 0 bridgehead atoms. The Morgan fingerprint density at radius 2 is 2.23 bits per heavy atom. The third kappa shape index (κ3) is 2.67. The van der Waals surface area contributed by atoms with Gasteiger partial charge >= 0.3 is 0 Å². The van der Waals surface area contributed by atoms with Gasteiger partial charge in [0.1, 0.15) is 15.2 Å². The summed E-state index contributed by atoms with van der Waals surface area (Å²) in [6, 6.07) is 3.27. The van der Waals surface area contributed by atoms with Crippen LogP contribution in [-0.4, -0.2) is 41.9 Å². The van der Waals surface area contributed by atoms with Crippen LogP contribution in [0.5, 0.6) is 5.75 Å². The first kappa shape index (κ1) is 15.9. The predicted molar refractivity (Wildman–Crippen MR) is 89.5 cm³/mol. The maximum atomic E-state index is 12.7. The van der Waals surface area contributed by atoms with Crippen LogP contribution in [0.4, 0.5) is 0 Å². The number of halogens is 1. The first-order valence-electron chi connectivity index (χ1n) is 6.75. The van der Waals surface area contributed by atoms with Crippen LogP contribution in [-0.2, 0) is 9.84 Å². The van der Waals surface area contributed by atoms with E-state index in [1.54, 1.807) is 6.07 Å². The molecule has 1 atom stereocenters. The highest BCUT2D eigenvalue weighted by Crippen LogP contribution is 2.37. The lowest BCUT2D eigenvalue weighted by atomic mass is 10.1. The molecule has 1 aromatic heterocycles. The highest BCUT2D eigenvalue weighted by atomic mass is 35.5. The van der Waals surface area contributed by atoms with Gasteiger partial charge in [0, 0.05) is 29.3 Å². The van der Waals surface area contributed by atoms with Gasteiger partial charge in [-0.05, 0) is 24.6 Å². The fourth-order valence-electron chi connectivity index (χ4n) is 2.49. The van der Waals surface area contributed by atoms with Crippen molar-refractivity contribution in [3.63, 3.8) is 0 Å². The van der Waals surface area contributed by atoms with Crippen LogP contribution in [0, 0.1) is 6.92 Å². The number of pyridine rings is 1. The molecule has 0 amide bonds. The third-order valence-electron chi connectivity index (χ3n) is 3.61. The number of hydrogen-bond acceptors (Lipinski definition) is 6. The summed E-state index contributed by atoms with van der Waals surface area (Å²) in [5.41, 5.74) is 1.34. The number of benzene rings is 1. The smallest absolute Gasteiger partial charge is 0.196 e. The van der Waals surface area contributed by atoms with Crippen LogP contribution in [0.2, 0.25) is 5.02 Å². The van der Waals surface area contributed by atoms with Crippen molar-refractivity contribution in [3.05, 3.63) is 28.9 Å². The standard InChI is InChI=1S/C14H15ClN2O3S2/c1-8-4-9(15)5-10-13(8)17-6-11(14(10)18)22(19,20)12-7-16-2-3-21-12/h4-6,12,16H,2-3,7H2,1H3,(H,17,18). The van der Waals surface area contributed by atoms with Gasteiger partial charge in [-0.1, -0.05) is 11.6 Å². The van der Waals surface area contributed by atoms with Gasteiger partial charge in [0.05, 0.1) is 11.7 Å². The van der Waals surface area contributed by atoms with Crippen molar-refractivity contribution in [1.29, 1.82) is 0 Å². The van der Waals surface area contributed by atoms with Gasteiger partial charge in [-0.15, -0.1) is 11.8 Å². The molecule has 1 aromatic carbocycles. The number of rotatable bonds is 2. The summed E-state index contributed by atoms with van der Waals surface area (Å²) in [4.78, 5) is 4.08. The summed E-state index contributed by atoms with van der Waals surface area (Å²) < 4.78 is 24.8. The number of sulfone groups is 1. The Morgan fingerprint density at radius 1 is 1.45 bits per heavy atom. The molecule has 0 saturated carbocycles. The molecule has 1 aliphatic rings. The van der Waals surface area contributed by atoms with Crippen LogP contribution in [0.3, 0.4) is 0 Å². The average Bonchev–Trinajstić information content (AvgIpc) is 2.49. The van der Waals surface area contributed by atoms with E-state index in [4.69, 9.17) is 11.6 Å². The second-order valence-electron chi connectivity index (χ2n) is 5.14. The van der Waals surface area contributed by atoms with E-state index in [-0.39, 0.29) is 10.6 Å². The van der Waals surface area contributed by atoms with E-state index in [1.807, 2.05) is 6.92 Å². The van der Waals surface area contributed by atoms with E-state index in [0.29, 0.717) is 22.5 Å². The maximum Gasteiger partial charge on any atom is 0.196 e. The zero-order valence-corrected chi connectivity index (χ0v) is 14.2. The number of aryl methyl sites for hydroxylation is 1. The maximum absolute atomic E-state index is 12.7. The molecule has 5 nitrogen and oxygen atoms in total. The van der Waals surface area contributed by atoms with E-state index in [2.05, 4.69) is 10.3 Å². The molecule has 0 spiro atoms. The number of nitrogens with zero attached hydrogens (tertiary/aromatic N) is 1. The summed E-state index contributed by atoms with van der Waals surface area (Å²) in [5.74, 6) is 0.443. The number of aromatic nitrogens is 1. The van der Waals surface area contributed by atoms with Gasteiger partial charge in [0.25, 0.3) is 0 Å². The zero-order chi connectivity index (χ0) is 15.9. The third-order valence-corrected chi connectivity index (χ3v) is 7.75. The molecule has 8 heteroatoms. The van der Waals surface area contributed by atoms with Crippen molar-refractivity contribution in [2.45, 2.75) is 16.4 Å². The quantitative estimate of drug-likeness (QED) is 0.857. The summed E-state index contributed by atoms with van der Waals surface area (Å²) in [7, 11) is -3.66. The molecule has 22 heavy (non-hydrogen) atoms. The largest absolute Gasteiger partial charge is 0.506 e. The average molecular weight is 359 g/mol. The van der Waals surface area contributed by atoms with Crippen molar-refractivity contribution in [2.24, 2.45) is 0 Å². The first-order chi connectivity index (χ1) is 10.4. The summed E-state index contributed by atoms with van der Waals surface area (Å²) >= 11 is 7.38. The second-order valence-corrected chi connectivity index (χ2v) is 9.28. The van der Waals surface area contributed by atoms with Crippen molar-refractivity contribution in [3.8, 4) is 5.75 Å². The fraction of sp³-hybridized carbons (Fsp3) is 0.357. The molecule has 1 unspecified atom stereocenters. The molecule has 1 fully saturated rings. The number of thioether (sulfide) groups is 1. The Labute approximate surface area is 138 Å². The lowest BCUT2D eigenvalue weighted by Crippen LogP contribution is -2.37. The van der Waals surface area contributed by atoms with Gasteiger partial charge in [-0.2, -0.15) is 0 Å². The minimum atomic E-state index is -3.66. The zero-order valence-electron chi connectivity index (χ0n) is 11.8. The molecule has 0 radical (unpaired) electrons. The van der Waals surface area contributed by atoms with Crippen molar-refractivity contribution in [2.75, 3.05) is 18.8 Å². The van der Waals surface area contributed by atoms with Crippen molar-refractivity contribution < 1.29 is 13.5 Å². The van der Waals surface area contributed by atoms with Gasteiger partial charge < -0.3 is 10.4 Å². The molecule has 0 aliphatic carbocycles. The molecular weight excluding hydrogens is 344 g/mol. The molecule has 118 valence electrons. The number of aromatic hydroxyl groups is 1. The molecule has 2 N–H and O–H groups in total. The number of hydrogen-bond donors (Lipinski definition) is 2. The Hall–Kier alpha value is -1.02. The number of nitrogens with one attached hydrogen (secondary N) is 1. The monoisotopic (exact) mass is 358 g/mol. The van der Waals surface area contributed by atoms with E-state index in [9.17, 15) is 13.5 Å². The summed E-state index contributed by atoms with van der Waals surface area (Å²) in [6.45, 7) is 2.96. The van der Waals surface area contributed by atoms with E-state index >= 15 is 0 Å². The van der Waals surface area contributed by atoms with E-state index < -0.39 is 14.4 Å². The summed E-state index contributed by atoms with van der Waals surface area (Å²) in [5, 5.41) is 14.3. The second kappa shape index (κ2) is 5.88. The Kier molecular flexibility index (Phi) is 4.24. The SMILES string of the molecule is Cc1cc(Cl)cc2c(O)c(S(=O)(=O)C3CNCCS3)cnc12. The van der Waals surface area contributed by atoms with Crippen molar-refractivity contribution in [1.82, 2.24) is 10.3 Å². The van der Waals surface area contributed by atoms with Crippen LogP contribution in [0.25, 0.3) is 10.9 Å². The first-order valence-corrected chi connectivity index (χ1v) is 9.72. The lowest BCUT2D eigenvalue weighted by Gasteiger charge is -2.23. The van der Waals surface area contributed by atoms with Crippen molar-refractivity contribution >= 4 is 44.1 Å². The van der Waals surface area contributed by atoms with Crippen LogP contribution >= 0.6 is 23.4 Å². The Bertz CT molecular complexity index is 834. The normalized spacial score (nSPS) is 19.5. The molecule has 1 saturated heterocycles. The molecular formula is C14H15ClN2O3S2. The highest BCUT2D eigenvalue weighted by molar-refractivity contribution is 8.13. The molecule has 2 heterocycles. The van der Waals surface area contributed by atoms with Gasteiger partial charge in [0.15, 0.2) is 9.84 Å². The van der Waals surface area contributed by atoms with E-state index in [1.165, 1.54) is 24.0 Å². The lowest BCUT2D eigenvalue weighted by molar-refractivity contribution is 0.464. The van der Waals surface area contributed by atoms with Gasteiger partial charge in [-0.25, -0.2) is 8.42 Å². The predicted octanol–water partition coefficient (Wildman–Crippen LogP) is 2.34. The van der Waals surface area contributed by atoms with Gasteiger partial charge in [-0.3, -0.25) is 4.98 Å². The minimum absolute atomic E-state index is 0.136. The minimum Gasteiger partial charge on any atom is -0.506 e. The van der Waals surface area contributed by atoms with Crippen LogP contribution in [0.1, 0.15) is 5.56 Å². The number of fused-ring (bicyclic) bond motifs is 1. The molecule has 2 aromatic rings. The highest BCUT2D eigenvalue weighted by Gasteiger charge is 2.32. The van der Waals surface area contributed by atoms with E-state index in [0.717, 1.165) is 17.9 Å². The van der Waals surface area contributed by atoms with Gasteiger partial charge in [0.2, 0.25) is 0 Å². The van der Waals surface area contributed by atoms with Crippen LogP contribution in [0.15, 0.2) is 23.2 Å². The molecule has 1 aliphatic heterocycles. The summed E-state index contributed by atoms with van der Waals surface area (Å²) in [6.07, 6.45) is 1.24. The Morgan fingerprint density at radius 3 is 2.91 bits per heavy atom. The van der Waals surface area contributed by atoms with Crippen LogP contribution < -0.4 is 5.32 Å². The molecule has 3 rings (SSSR count). The Balaban J connectivity index is 2.17. The fourth-order valence-corrected chi connectivity index (χ4v) is 6.04.